The normalized spacial score (nSPS) is 20.5. The fourth-order valence-electron chi connectivity index (χ4n) is 1.93. The minimum absolute atomic E-state index is 0.143. The first kappa shape index (κ1) is 10.4. The first-order valence-electron chi connectivity index (χ1n) is 5.39. The van der Waals surface area contributed by atoms with E-state index < -0.39 is 6.67 Å². The molecule has 1 saturated heterocycles. The first-order chi connectivity index (χ1) is 7.40. The van der Waals surface area contributed by atoms with Crippen molar-refractivity contribution in [3.05, 3.63) is 29.8 Å². The van der Waals surface area contributed by atoms with Gasteiger partial charge in [0.05, 0.1) is 0 Å². The molecule has 0 aliphatic carbocycles. The number of alkyl halides is 1. The van der Waals surface area contributed by atoms with Crippen LogP contribution in [0.25, 0.3) is 0 Å². The number of ether oxygens (including phenoxy) is 1. The lowest BCUT2D eigenvalue weighted by atomic mass is 9.99. The van der Waals surface area contributed by atoms with E-state index in [9.17, 15) is 4.39 Å². The van der Waals surface area contributed by atoms with Crippen LogP contribution in [0.3, 0.4) is 0 Å². The summed E-state index contributed by atoms with van der Waals surface area (Å²) >= 11 is 0. The van der Waals surface area contributed by atoms with Crippen molar-refractivity contribution in [1.82, 2.24) is 5.32 Å². The van der Waals surface area contributed by atoms with E-state index in [1.165, 1.54) is 12.0 Å². The second kappa shape index (κ2) is 5.12. The molecule has 1 atom stereocenters. The highest BCUT2D eigenvalue weighted by Crippen LogP contribution is 2.24. The molecule has 1 heterocycles. The van der Waals surface area contributed by atoms with Crippen LogP contribution in [-0.4, -0.2) is 26.4 Å². The maximum Gasteiger partial charge on any atom is 0.123 e. The predicted molar refractivity (Wildman–Crippen MR) is 58.1 cm³/mol. The van der Waals surface area contributed by atoms with Crippen molar-refractivity contribution in [1.29, 1.82) is 0 Å². The van der Waals surface area contributed by atoms with Gasteiger partial charge in [-0.1, -0.05) is 12.1 Å². The average Bonchev–Trinajstić information content (AvgIpc) is 2.80. The molecule has 82 valence electrons. The fraction of sp³-hybridized carbons (Fsp3) is 0.500. The summed E-state index contributed by atoms with van der Waals surface area (Å²) in [7, 11) is 0. The molecular weight excluding hydrogens is 193 g/mol. The van der Waals surface area contributed by atoms with E-state index in [0.29, 0.717) is 5.92 Å². The van der Waals surface area contributed by atoms with E-state index in [2.05, 4.69) is 17.4 Å². The van der Waals surface area contributed by atoms with E-state index in [0.717, 1.165) is 18.8 Å². The molecule has 1 N–H and O–H groups in total. The quantitative estimate of drug-likeness (QED) is 0.820. The zero-order valence-corrected chi connectivity index (χ0v) is 8.71. The van der Waals surface area contributed by atoms with Crippen molar-refractivity contribution >= 4 is 0 Å². The molecule has 1 aliphatic heterocycles. The monoisotopic (exact) mass is 209 g/mol. The summed E-state index contributed by atoms with van der Waals surface area (Å²) < 4.78 is 17.1. The summed E-state index contributed by atoms with van der Waals surface area (Å²) in [5, 5.41) is 3.34. The van der Waals surface area contributed by atoms with E-state index in [1.807, 2.05) is 12.1 Å². The Kier molecular flexibility index (Phi) is 3.56. The predicted octanol–water partition coefficient (Wildman–Crippen LogP) is 2.11. The topological polar surface area (TPSA) is 21.3 Å². The molecule has 1 fully saturated rings. The fourth-order valence-corrected chi connectivity index (χ4v) is 1.93. The molecule has 0 saturated carbocycles. The van der Waals surface area contributed by atoms with Gasteiger partial charge < -0.3 is 10.1 Å². The van der Waals surface area contributed by atoms with Gasteiger partial charge in [0, 0.05) is 6.54 Å². The van der Waals surface area contributed by atoms with Gasteiger partial charge in [0.15, 0.2) is 0 Å². The lowest BCUT2D eigenvalue weighted by molar-refractivity contribution is 0.273. The summed E-state index contributed by atoms with van der Waals surface area (Å²) in [6, 6.07) is 7.99. The van der Waals surface area contributed by atoms with Gasteiger partial charge in [-0.2, -0.15) is 0 Å². The Labute approximate surface area is 89.4 Å². The molecule has 0 spiro atoms. The van der Waals surface area contributed by atoms with Gasteiger partial charge in [-0.3, -0.25) is 0 Å². The van der Waals surface area contributed by atoms with Crippen LogP contribution in [0.5, 0.6) is 5.75 Å². The molecule has 1 aromatic rings. The van der Waals surface area contributed by atoms with Crippen molar-refractivity contribution in [2.75, 3.05) is 26.4 Å². The van der Waals surface area contributed by atoms with Gasteiger partial charge in [-0.15, -0.1) is 0 Å². The molecule has 1 aromatic carbocycles. The van der Waals surface area contributed by atoms with Gasteiger partial charge >= 0.3 is 0 Å². The molecule has 1 aliphatic rings. The van der Waals surface area contributed by atoms with Crippen molar-refractivity contribution < 1.29 is 9.13 Å². The standard InChI is InChI=1S/C12H16FNO/c13-6-8-15-12-3-1-10(2-4-12)11-5-7-14-9-11/h1-4,11,14H,5-9H2. The first-order valence-corrected chi connectivity index (χ1v) is 5.39. The van der Waals surface area contributed by atoms with Crippen LogP contribution < -0.4 is 10.1 Å². The molecule has 1 unspecified atom stereocenters. The van der Waals surface area contributed by atoms with E-state index in [-0.39, 0.29) is 6.61 Å². The Morgan fingerprint density at radius 3 is 2.73 bits per heavy atom. The summed E-state index contributed by atoms with van der Waals surface area (Å²) in [6.45, 7) is 1.87. The van der Waals surface area contributed by atoms with Gasteiger partial charge in [-0.05, 0) is 36.6 Å². The number of nitrogens with one attached hydrogen (secondary N) is 1. The summed E-state index contributed by atoms with van der Waals surface area (Å²) in [4.78, 5) is 0. The summed E-state index contributed by atoms with van der Waals surface area (Å²) in [5.41, 5.74) is 1.34. The SMILES string of the molecule is FCCOc1ccc(C2CCNC2)cc1. The van der Waals surface area contributed by atoms with Gasteiger partial charge in [0.1, 0.15) is 19.0 Å². The highest BCUT2D eigenvalue weighted by molar-refractivity contribution is 5.30. The highest BCUT2D eigenvalue weighted by atomic mass is 19.1. The van der Waals surface area contributed by atoms with Gasteiger partial charge in [0.25, 0.3) is 0 Å². The number of benzene rings is 1. The Balaban J connectivity index is 1.96. The van der Waals surface area contributed by atoms with E-state index >= 15 is 0 Å². The van der Waals surface area contributed by atoms with E-state index in [1.54, 1.807) is 0 Å². The lowest BCUT2D eigenvalue weighted by Gasteiger charge is -2.09. The number of hydrogen-bond acceptors (Lipinski definition) is 2. The smallest absolute Gasteiger partial charge is 0.123 e. The maximum atomic E-state index is 11.9. The number of rotatable bonds is 4. The van der Waals surface area contributed by atoms with Crippen molar-refractivity contribution in [3.8, 4) is 5.75 Å². The molecule has 3 heteroatoms. The zero-order chi connectivity index (χ0) is 10.5. The molecular formula is C12H16FNO. The largest absolute Gasteiger partial charge is 0.491 e. The minimum Gasteiger partial charge on any atom is -0.491 e. The van der Waals surface area contributed by atoms with Crippen LogP contribution in [0, 0.1) is 0 Å². The van der Waals surface area contributed by atoms with Gasteiger partial charge in [-0.25, -0.2) is 4.39 Å². The number of hydrogen-bond donors (Lipinski definition) is 1. The molecule has 0 radical (unpaired) electrons. The molecule has 0 bridgehead atoms. The van der Waals surface area contributed by atoms with Crippen LogP contribution in [0.2, 0.25) is 0 Å². The average molecular weight is 209 g/mol. The van der Waals surface area contributed by atoms with Crippen molar-refractivity contribution in [2.45, 2.75) is 12.3 Å². The van der Waals surface area contributed by atoms with Crippen molar-refractivity contribution in [2.24, 2.45) is 0 Å². The Morgan fingerprint density at radius 1 is 1.33 bits per heavy atom. The molecule has 2 nitrogen and oxygen atoms in total. The second-order valence-electron chi connectivity index (χ2n) is 3.80. The summed E-state index contributed by atoms with van der Waals surface area (Å²) in [6.07, 6.45) is 1.20. The van der Waals surface area contributed by atoms with Crippen LogP contribution in [-0.2, 0) is 0 Å². The third kappa shape index (κ3) is 2.69. The lowest BCUT2D eigenvalue weighted by Crippen LogP contribution is -2.07. The van der Waals surface area contributed by atoms with Gasteiger partial charge in [0.2, 0.25) is 0 Å². The summed E-state index contributed by atoms with van der Waals surface area (Å²) in [5.74, 6) is 1.38. The number of halogens is 1. The molecule has 15 heavy (non-hydrogen) atoms. The molecule has 2 rings (SSSR count). The van der Waals surface area contributed by atoms with Crippen molar-refractivity contribution in [3.63, 3.8) is 0 Å². The zero-order valence-electron chi connectivity index (χ0n) is 8.71. The van der Waals surface area contributed by atoms with Crippen LogP contribution in [0.4, 0.5) is 4.39 Å². The highest BCUT2D eigenvalue weighted by Gasteiger charge is 2.15. The molecule has 0 aromatic heterocycles. The second-order valence-corrected chi connectivity index (χ2v) is 3.80. The minimum atomic E-state index is -0.436. The third-order valence-corrected chi connectivity index (χ3v) is 2.76. The van der Waals surface area contributed by atoms with Crippen LogP contribution >= 0.6 is 0 Å². The third-order valence-electron chi connectivity index (χ3n) is 2.76. The maximum absolute atomic E-state index is 11.9. The Bertz CT molecular complexity index is 293. The Hall–Kier alpha value is -1.09. The van der Waals surface area contributed by atoms with Crippen LogP contribution in [0.15, 0.2) is 24.3 Å². The van der Waals surface area contributed by atoms with Crippen LogP contribution in [0.1, 0.15) is 17.9 Å². The molecule has 0 amide bonds. The van der Waals surface area contributed by atoms with E-state index in [4.69, 9.17) is 4.74 Å². The Morgan fingerprint density at radius 2 is 2.13 bits per heavy atom.